The molecule has 2 fully saturated rings. The molecule has 116 valence electrons. The normalized spacial score (nSPS) is 34.1. The smallest absolute Gasteiger partial charge is 0.330 e. The number of rotatable bonds is 2. The minimum Gasteiger partial charge on any atom is -0.394 e. The lowest BCUT2D eigenvalue weighted by atomic mass is 10.1. The van der Waals surface area contributed by atoms with E-state index in [1.165, 1.54) is 10.8 Å². The van der Waals surface area contributed by atoms with Crippen LogP contribution in [0.2, 0.25) is 0 Å². The van der Waals surface area contributed by atoms with Crippen LogP contribution in [0.3, 0.4) is 0 Å². The molecule has 9 heteroatoms. The Hall–Kier alpha value is -1.00. The minimum atomic E-state index is -0.826. The van der Waals surface area contributed by atoms with Crippen LogP contribution in [0.4, 0.5) is 0 Å². The Bertz CT molecular complexity index is 668. The number of aromatic nitrogens is 2. The lowest BCUT2D eigenvalue weighted by Gasteiger charge is -2.24. The van der Waals surface area contributed by atoms with E-state index in [-0.39, 0.29) is 11.1 Å². The molecular formula is C12H15BrN2O6. The number of aliphatic hydroxyl groups excluding tert-OH is 1. The van der Waals surface area contributed by atoms with Crippen LogP contribution in [0, 0.1) is 0 Å². The Morgan fingerprint density at radius 3 is 2.71 bits per heavy atom. The largest absolute Gasteiger partial charge is 0.394 e. The summed E-state index contributed by atoms with van der Waals surface area (Å²) in [5, 5.41) is 9.40. The maximum atomic E-state index is 12.0. The van der Waals surface area contributed by atoms with E-state index in [9.17, 15) is 14.7 Å². The molecule has 1 aromatic heterocycles. The summed E-state index contributed by atoms with van der Waals surface area (Å²) < 4.78 is 18.6. The third-order valence-corrected chi connectivity index (χ3v) is 4.07. The Morgan fingerprint density at radius 1 is 1.38 bits per heavy atom. The molecule has 4 atom stereocenters. The van der Waals surface area contributed by atoms with Gasteiger partial charge >= 0.3 is 5.69 Å². The van der Waals surface area contributed by atoms with Gasteiger partial charge in [-0.15, -0.1) is 0 Å². The highest BCUT2D eigenvalue weighted by molar-refractivity contribution is 9.10. The zero-order valence-corrected chi connectivity index (χ0v) is 13.0. The summed E-state index contributed by atoms with van der Waals surface area (Å²) in [6.45, 7) is 3.25. The molecule has 3 rings (SSSR count). The van der Waals surface area contributed by atoms with Crippen molar-refractivity contribution < 1.29 is 19.3 Å². The zero-order chi connectivity index (χ0) is 15.4. The van der Waals surface area contributed by atoms with Crippen molar-refractivity contribution in [2.45, 2.75) is 44.2 Å². The first-order chi connectivity index (χ1) is 9.82. The number of aliphatic hydroxyl groups is 1. The van der Waals surface area contributed by atoms with Crippen LogP contribution in [0.25, 0.3) is 0 Å². The molecule has 1 aromatic rings. The van der Waals surface area contributed by atoms with E-state index < -0.39 is 41.6 Å². The molecule has 3 heterocycles. The monoisotopic (exact) mass is 362 g/mol. The molecule has 2 saturated heterocycles. The van der Waals surface area contributed by atoms with E-state index in [0.717, 1.165) is 0 Å². The molecule has 0 amide bonds. The molecule has 0 unspecified atom stereocenters. The number of nitrogens with one attached hydrogen (secondary N) is 1. The molecule has 21 heavy (non-hydrogen) atoms. The summed E-state index contributed by atoms with van der Waals surface area (Å²) in [6, 6.07) is 0. The SMILES string of the molecule is CC1(C)O[C@@H]2[C@H](O1)[C@@H](CO)O[C@H]2n1cc(Br)c(=O)[nH]c1=O. The predicted molar refractivity (Wildman–Crippen MR) is 73.8 cm³/mol. The van der Waals surface area contributed by atoms with Crippen molar-refractivity contribution >= 4 is 15.9 Å². The number of hydrogen-bond donors (Lipinski definition) is 2. The molecule has 0 saturated carbocycles. The quantitative estimate of drug-likeness (QED) is 0.749. The van der Waals surface area contributed by atoms with Gasteiger partial charge in [0, 0.05) is 6.20 Å². The highest BCUT2D eigenvalue weighted by Crippen LogP contribution is 2.42. The fourth-order valence-corrected chi connectivity index (χ4v) is 3.00. The minimum absolute atomic E-state index is 0.202. The van der Waals surface area contributed by atoms with Gasteiger partial charge in [-0.05, 0) is 29.8 Å². The first-order valence-electron chi connectivity index (χ1n) is 6.45. The Labute approximate surface area is 127 Å². The van der Waals surface area contributed by atoms with Crippen molar-refractivity contribution in [2.75, 3.05) is 6.61 Å². The molecule has 8 nitrogen and oxygen atoms in total. The molecule has 0 bridgehead atoms. The van der Waals surface area contributed by atoms with Gasteiger partial charge in [-0.3, -0.25) is 14.3 Å². The summed E-state index contributed by atoms with van der Waals surface area (Å²) in [5.74, 6) is -0.826. The molecule has 2 aliphatic rings. The number of fused-ring (bicyclic) bond motifs is 1. The first kappa shape index (κ1) is 14.9. The van der Waals surface area contributed by atoms with Crippen LogP contribution < -0.4 is 11.2 Å². The van der Waals surface area contributed by atoms with Gasteiger partial charge in [0.25, 0.3) is 5.56 Å². The lowest BCUT2D eigenvalue weighted by molar-refractivity contribution is -0.200. The number of nitrogens with zero attached hydrogens (tertiary/aromatic N) is 1. The van der Waals surface area contributed by atoms with Gasteiger partial charge in [-0.2, -0.15) is 0 Å². The molecule has 0 radical (unpaired) electrons. The third-order valence-electron chi connectivity index (χ3n) is 3.50. The standard InChI is InChI=1S/C12H15BrN2O6/c1-12(2)20-7-6(4-16)19-10(8(7)21-12)15-3-5(13)9(17)14-11(15)18/h3,6-8,10,16H,4H2,1-2H3,(H,14,17,18)/t6-,7-,8-,10-/m1/s1. The number of H-pyrrole nitrogens is 1. The van der Waals surface area contributed by atoms with E-state index in [1.54, 1.807) is 13.8 Å². The predicted octanol–water partition coefficient (Wildman–Crippen LogP) is -0.291. The van der Waals surface area contributed by atoms with Gasteiger partial charge in [-0.25, -0.2) is 4.79 Å². The van der Waals surface area contributed by atoms with E-state index >= 15 is 0 Å². The van der Waals surface area contributed by atoms with Gasteiger partial charge in [-0.1, -0.05) is 0 Å². The number of ether oxygens (including phenoxy) is 3. The van der Waals surface area contributed by atoms with Gasteiger partial charge in [0.05, 0.1) is 11.1 Å². The van der Waals surface area contributed by atoms with E-state index in [1.807, 2.05) is 0 Å². The second-order valence-corrected chi connectivity index (χ2v) is 6.31. The molecule has 2 aliphatic heterocycles. The van der Waals surface area contributed by atoms with Crippen molar-refractivity contribution in [3.63, 3.8) is 0 Å². The van der Waals surface area contributed by atoms with Crippen LogP contribution >= 0.6 is 15.9 Å². The fourth-order valence-electron chi connectivity index (χ4n) is 2.68. The highest BCUT2D eigenvalue weighted by Gasteiger charge is 2.55. The average Bonchev–Trinajstić information content (AvgIpc) is 2.87. The topological polar surface area (TPSA) is 103 Å². The molecule has 0 aromatic carbocycles. The highest BCUT2D eigenvalue weighted by atomic mass is 79.9. The first-order valence-corrected chi connectivity index (χ1v) is 7.24. The zero-order valence-electron chi connectivity index (χ0n) is 11.4. The Balaban J connectivity index is 2.01. The van der Waals surface area contributed by atoms with E-state index in [2.05, 4.69) is 20.9 Å². The second-order valence-electron chi connectivity index (χ2n) is 5.46. The van der Waals surface area contributed by atoms with Crippen LogP contribution in [-0.4, -0.2) is 45.4 Å². The van der Waals surface area contributed by atoms with E-state index in [4.69, 9.17) is 14.2 Å². The molecule has 0 spiro atoms. The van der Waals surface area contributed by atoms with Crippen LogP contribution in [-0.2, 0) is 14.2 Å². The fraction of sp³-hybridized carbons (Fsp3) is 0.667. The number of aromatic amines is 1. The van der Waals surface area contributed by atoms with Gasteiger partial charge in [0.2, 0.25) is 0 Å². The molecular weight excluding hydrogens is 348 g/mol. The third kappa shape index (κ3) is 2.49. The maximum absolute atomic E-state index is 12.0. The summed E-state index contributed by atoms with van der Waals surface area (Å²) >= 11 is 3.07. The average molecular weight is 363 g/mol. The van der Waals surface area contributed by atoms with Crippen LogP contribution in [0.1, 0.15) is 20.1 Å². The van der Waals surface area contributed by atoms with Crippen molar-refractivity contribution in [1.29, 1.82) is 0 Å². The number of hydrogen-bond acceptors (Lipinski definition) is 6. The lowest BCUT2D eigenvalue weighted by Crippen LogP contribution is -2.37. The van der Waals surface area contributed by atoms with Gasteiger partial charge in [0.1, 0.15) is 18.3 Å². The summed E-state index contributed by atoms with van der Waals surface area (Å²) in [7, 11) is 0. The van der Waals surface area contributed by atoms with Crippen LogP contribution in [0.5, 0.6) is 0 Å². The summed E-state index contributed by atoms with van der Waals surface area (Å²) in [5.41, 5.74) is -1.13. The van der Waals surface area contributed by atoms with Crippen molar-refractivity contribution in [1.82, 2.24) is 9.55 Å². The molecule has 2 N–H and O–H groups in total. The molecule has 0 aliphatic carbocycles. The summed E-state index contributed by atoms with van der Waals surface area (Å²) in [6.07, 6.45) is -1.06. The Kier molecular flexibility index (Phi) is 3.57. The second kappa shape index (κ2) is 5.03. The van der Waals surface area contributed by atoms with Gasteiger partial charge in [0.15, 0.2) is 12.0 Å². The van der Waals surface area contributed by atoms with Crippen molar-refractivity contribution in [2.24, 2.45) is 0 Å². The van der Waals surface area contributed by atoms with Gasteiger partial charge < -0.3 is 19.3 Å². The Morgan fingerprint density at radius 2 is 2.05 bits per heavy atom. The van der Waals surface area contributed by atoms with E-state index in [0.29, 0.717) is 0 Å². The number of halogens is 1. The summed E-state index contributed by atoms with van der Waals surface area (Å²) in [4.78, 5) is 25.6. The maximum Gasteiger partial charge on any atom is 0.330 e. The van der Waals surface area contributed by atoms with Crippen molar-refractivity contribution in [3.05, 3.63) is 31.5 Å². The van der Waals surface area contributed by atoms with Crippen molar-refractivity contribution in [3.8, 4) is 0 Å². The van der Waals surface area contributed by atoms with Crippen LogP contribution in [0.15, 0.2) is 20.3 Å².